The third-order valence-electron chi connectivity index (χ3n) is 4.71. The Morgan fingerprint density at radius 3 is 2.67 bits per heavy atom. The van der Waals surface area contributed by atoms with Gasteiger partial charge in [0.15, 0.2) is 0 Å². The predicted molar refractivity (Wildman–Crippen MR) is 64.8 cm³/mol. The van der Waals surface area contributed by atoms with Gasteiger partial charge in [-0.05, 0) is 49.6 Å². The number of ketones is 1. The standard InChI is InChI=1S/C13H21OP/c14-11-3-1-2-4-12(11)15-13-8-9-5-6-10(13)7-9/h9-10,12-13,15H,1-8H2. The average Bonchev–Trinajstić information content (AvgIpc) is 2.83. The molecule has 0 aromatic heterocycles. The van der Waals surface area contributed by atoms with Crippen LogP contribution in [0.2, 0.25) is 0 Å². The minimum Gasteiger partial charge on any atom is -0.299 e. The van der Waals surface area contributed by atoms with Gasteiger partial charge in [-0.3, -0.25) is 4.79 Å². The van der Waals surface area contributed by atoms with E-state index in [1.807, 2.05) is 0 Å². The first-order chi connectivity index (χ1) is 7.33. The summed E-state index contributed by atoms with van der Waals surface area (Å²) >= 11 is 0. The summed E-state index contributed by atoms with van der Waals surface area (Å²) in [5.41, 5.74) is 1.44. The lowest BCUT2D eigenvalue weighted by Gasteiger charge is -2.28. The molecule has 2 heteroatoms. The molecule has 3 aliphatic carbocycles. The Labute approximate surface area is 94.2 Å². The zero-order valence-corrected chi connectivity index (χ0v) is 10.4. The number of carbonyl (C=O) groups is 1. The second-order valence-electron chi connectivity index (χ2n) is 5.71. The van der Waals surface area contributed by atoms with E-state index in [9.17, 15) is 4.79 Å². The number of hydrogen-bond donors (Lipinski definition) is 0. The molecule has 5 atom stereocenters. The van der Waals surface area contributed by atoms with Crippen molar-refractivity contribution in [2.24, 2.45) is 11.8 Å². The van der Waals surface area contributed by atoms with Crippen LogP contribution in [0.4, 0.5) is 0 Å². The van der Waals surface area contributed by atoms with E-state index >= 15 is 0 Å². The van der Waals surface area contributed by atoms with Crippen molar-refractivity contribution in [2.45, 2.75) is 62.7 Å². The number of rotatable bonds is 2. The fourth-order valence-electron chi connectivity index (χ4n) is 3.87. The van der Waals surface area contributed by atoms with Gasteiger partial charge in [-0.2, -0.15) is 0 Å². The third-order valence-corrected chi connectivity index (χ3v) is 6.86. The van der Waals surface area contributed by atoms with Gasteiger partial charge in [-0.15, -0.1) is 8.58 Å². The molecule has 0 amide bonds. The second-order valence-corrected chi connectivity index (χ2v) is 7.48. The summed E-state index contributed by atoms with van der Waals surface area (Å²) in [5.74, 6) is 2.66. The van der Waals surface area contributed by atoms with E-state index in [0.29, 0.717) is 11.4 Å². The number of Topliss-reactive ketones (excluding diaryl/α,β-unsaturated/α-hetero) is 1. The summed E-state index contributed by atoms with van der Waals surface area (Å²) in [6.07, 6.45) is 10.5. The van der Waals surface area contributed by atoms with Gasteiger partial charge in [0.05, 0.1) is 0 Å². The molecule has 3 aliphatic rings. The lowest BCUT2D eigenvalue weighted by Crippen LogP contribution is -2.24. The van der Waals surface area contributed by atoms with Gasteiger partial charge < -0.3 is 0 Å². The smallest absolute Gasteiger partial charge is 0.139 e. The summed E-state index contributed by atoms with van der Waals surface area (Å²) in [4.78, 5) is 11.8. The molecule has 2 bridgehead atoms. The summed E-state index contributed by atoms with van der Waals surface area (Å²) in [6.45, 7) is 0. The Morgan fingerprint density at radius 2 is 2.00 bits per heavy atom. The molecule has 0 heterocycles. The van der Waals surface area contributed by atoms with Crippen molar-refractivity contribution in [1.29, 1.82) is 0 Å². The molecule has 15 heavy (non-hydrogen) atoms. The molecule has 0 aromatic rings. The summed E-state index contributed by atoms with van der Waals surface area (Å²) < 4.78 is 0. The highest BCUT2D eigenvalue weighted by Gasteiger charge is 2.41. The van der Waals surface area contributed by atoms with Gasteiger partial charge >= 0.3 is 0 Å². The van der Waals surface area contributed by atoms with Crippen LogP contribution in [-0.2, 0) is 4.79 Å². The molecule has 0 aromatic carbocycles. The zero-order chi connectivity index (χ0) is 10.3. The molecule has 1 nitrogen and oxygen atoms in total. The monoisotopic (exact) mass is 224 g/mol. The molecule has 84 valence electrons. The third kappa shape index (κ3) is 2.00. The number of fused-ring (bicyclic) bond motifs is 2. The fourth-order valence-corrected chi connectivity index (χ4v) is 6.13. The van der Waals surface area contributed by atoms with Gasteiger partial charge in [-0.1, -0.05) is 12.8 Å². The van der Waals surface area contributed by atoms with Gasteiger partial charge in [0.25, 0.3) is 0 Å². The van der Waals surface area contributed by atoms with Crippen LogP contribution >= 0.6 is 8.58 Å². The molecular weight excluding hydrogens is 203 g/mol. The number of carbonyl (C=O) groups excluding carboxylic acids is 1. The summed E-state index contributed by atoms with van der Waals surface area (Å²) in [7, 11) is 0.983. The van der Waals surface area contributed by atoms with E-state index in [1.165, 1.54) is 38.5 Å². The lowest BCUT2D eigenvalue weighted by atomic mass is 9.99. The first-order valence-electron chi connectivity index (χ1n) is 6.61. The van der Waals surface area contributed by atoms with Gasteiger partial charge in [-0.25, -0.2) is 0 Å². The highest BCUT2D eigenvalue weighted by molar-refractivity contribution is 7.41. The number of hydrogen-bond acceptors (Lipinski definition) is 1. The molecule has 0 radical (unpaired) electrons. The molecule has 3 fully saturated rings. The molecule has 0 saturated heterocycles. The molecule has 0 aliphatic heterocycles. The average molecular weight is 224 g/mol. The predicted octanol–water partition coefficient (Wildman–Crippen LogP) is 3.37. The van der Waals surface area contributed by atoms with Crippen LogP contribution in [0.25, 0.3) is 0 Å². The molecule has 5 unspecified atom stereocenters. The quantitative estimate of drug-likeness (QED) is 0.657. The van der Waals surface area contributed by atoms with E-state index in [2.05, 4.69) is 0 Å². The van der Waals surface area contributed by atoms with Gasteiger partial charge in [0, 0.05) is 12.1 Å². The first kappa shape index (κ1) is 10.3. The van der Waals surface area contributed by atoms with Gasteiger partial charge in [0.1, 0.15) is 5.78 Å². The largest absolute Gasteiger partial charge is 0.299 e. The van der Waals surface area contributed by atoms with E-state index < -0.39 is 0 Å². The molecule has 3 rings (SSSR count). The van der Waals surface area contributed by atoms with Crippen LogP contribution < -0.4 is 0 Å². The highest BCUT2D eigenvalue weighted by Crippen LogP contribution is 2.53. The Balaban J connectivity index is 1.58. The minimum absolute atomic E-state index is 0.489. The van der Waals surface area contributed by atoms with Crippen LogP contribution in [0.5, 0.6) is 0 Å². The van der Waals surface area contributed by atoms with E-state index in [4.69, 9.17) is 0 Å². The normalized spacial score (nSPS) is 45.7. The van der Waals surface area contributed by atoms with E-state index in [1.54, 1.807) is 0 Å². The van der Waals surface area contributed by atoms with Crippen LogP contribution in [-0.4, -0.2) is 17.1 Å². The fraction of sp³-hybridized carbons (Fsp3) is 0.923. The van der Waals surface area contributed by atoms with Crippen molar-refractivity contribution in [1.82, 2.24) is 0 Å². The minimum atomic E-state index is 0.489. The van der Waals surface area contributed by atoms with Crippen molar-refractivity contribution in [3.8, 4) is 0 Å². The van der Waals surface area contributed by atoms with Crippen molar-refractivity contribution < 1.29 is 4.79 Å². The van der Waals surface area contributed by atoms with Crippen LogP contribution in [0.3, 0.4) is 0 Å². The maximum Gasteiger partial charge on any atom is 0.139 e. The van der Waals surface area contributed by atoms with Crippen LogP contribution in [0.15, 0.2) is 0 Å². The van der Waals surface area contributed by atoms with Crippen molar-refractivity contribution in [3.63, 3.8) is 0 Å². The zero-order valence-electron chi connectivity index (χ0n) is 9.37. The maximum atomic E-state index is 11.8. The van der Waals surface area contributed by atoms with Crippen molar-refractivity contribution in [3.05, 3.63) is 0 Å². The summed E-state index contributed by atoms with van der Waals surface area (Å²) in [5, 5.41) is 0. The molecule has 3 saturated carbocycles. The molecule has 0 N–H and O–H groups in total. The van der Waals surface area contributed by atoms with E-state index in [-0.39, 0.29) is 0 Å². The SMILES string of the molecule is O=C1CCCCC1PC1CC2CCC1C2. The summed E-state index contributed by atoms with van der Waals surface area (Å²) in [6, 6.07) is 0. The lowest BCUT2D eigenvalue weighted by molar-refractivity contribution is -0.119. The van der Waals surface area contributed by atoms with Gasteiger partial charge in [0.2, 0.25) is 0 Å². The maximum absolute atomic E-state index is 11.8. The van der Waals surface area contributed by atoms with Crippen molar-refractivity contribution in [2.75, 3.05) is 0 Å². The Hall–Kier alpha value is 0.100. The van der Waals surface area contributed by atoms with Crippen LogP contribution in [0.1, 0.15) is 51.4 Å². The first-order valence-corrected chi connectivity index (χ1v) is 7.77. The highest BCUT2D eigenvalue weighted by atomic mass is 31.1. The van der Waals surface area contributed by atoms with E-state index in [0.717, 1.165) is 38.9 Å². The van der Waals surface area contributed by atoms with Crippen molar-refractivity contribution >= 4 is 14.4 Å². The Morgan fingerprint density at radius 1 is 1.07 bits per heavy atom. The molecular formula is C13H21OP. The topological polar surface area (TPSA) is 17.1 Å². The second kappa shape index (κ2) is 4.17. The Bertz CT molecular complexity index is 263. The Kier molecular flexibility index (Phi) is 2.85. The van der Waals surface area contributed by atoms with Crippen LogP contribution in [0, 0.1) is 11.8 Å². The molecule has 0 spiro atoms.